The third kappa shape index (κ3) is 4.43. The van der Waals surface area contributed by atoms with Gasteiger partial charge in [0.05, 0.1) is 16.8 Å². The number of hydrogen-bond acceptors (Lipinski definition) is 6. The quantitative estimate of drug-likeness (QED) is 0.641. The molecule has 1 aliphatic heterocycles. The summed E-state index contributed by atoms with van der Waals surface area (Å²) in [4.78, 5) is 28.1. The molecule has 28 heavy (non-hydrogen) atoms. The van der Waals surface area contributed by atoms with E-state index in [9.17, 15) is 9.59 Å². The highest BCUT2D eigenvalue weighted by atomic mass is 79.9. The number of ether oxygens (including phenoxy) is 2. The van der Waals surface area contributed by atoms with Gasteiger partial charge in [0.25, 0.3) is 0 Å². The second-order valence-electron chi connectivity index (χ2n) is 7.60. The van der Waals surface area contributed by atoms with E-state index in [2.05, 4.69) is 20.8 Å². The Balaban J connectivity index is 1.73. The number of halogens is 1. The first-order chi connectivity index (χ1) is 13.2. The highest BCUT2D eigenvalue weighted by Crippen LogP contribution is 2.36. The number of amides is 1. The molecule has 1 aliphatic rings. The number of piperazine rings is 1. The standard InChI is InChI=1S/C20H25BrN2O5/c1-5-26-18(24)16-12-13-15(27-16)7-6-14(17(13)21)22-8-10-23(11-9-22)19(25)28-20(2,3)4/h6-7,12H,5,8-11H2,1-4H3. The number of carbonyl (C=O) groups excluding carboxylic acids is 2. The van der Waals surface area contributed by atoms with Gasteiger partial charge in [0.1, 0.15) is 11.2 Å². The number of fused-ring (bicyclic) bond motifs is 1. The van der Waals surface area contributed by atoms with Crippen LogP contribution in [0.5, 0.6) is 0 Å². The first-order valence-corrected chi connectivity index (χ1v) is 10.1. The summed E-state index contributed by atoms with van der Waals surface area (Å²) in [6, 6.07) is 5.49. The van der Waals surface area contributed by atoms with Crippen molar-refractivity contribution in [2.45, 2.75) is 33.3 Å². The monoisotopic (exact) mass is 452 g/mol. The fraction of sp³-hybridized carbons (Fsp3) is 0.500. The lowest BCUT2D eigenvalue weighted by Crippen LogP contribution is -2.50. The van der Waals surface area contributed by atoms with E-state index in [1.807, 2.05) is 32.9 Å². The average Bonchev–Trinajstić information content (AvgIpc) is 3.06. The summed E-state index contributed by atoms with van der Waals surface area (Å²) in [6.07, 6.45) is -0.282. The van der Waals surface area contributed by atoms with Gasteiger partial charge in [-0.1, -0.05) is 0 Å². The smallest absolute Gasteiger partial charge is 0.410 e. The molecule has 7 nitrogen and oxygen atoms in total. The molecule has 0 saturated carbocycles. The average molecular weight is 453 g/mol. The minimum Gasteiger partial charge on any atom is -0.460 e. The second kappa shape index (κ2) is 8.03. The van der Waals surface area contributed by atoms with Crippen molar-refractivity contribution in [3.05, 3.63) is 28.4 Å². The normalized spacial score (nSPS) is 15.0. The molecule has 1 fully saturated rings. The molecule has 0 aliphatic carbocycles. The number of furan rings is 1. The highest BCUT2D eigenvalue weighted by molar-refractivity contribution is 9.10. The maximum Gasteiger partial charge on any atom is 0.410 e. The van der Waals surface area contributed by atoms with Crippen molar-refractivity contribution in [3.63, 3.8) is 0 Å². The first-order valence-electron chi connectivity index (χ1n) is 9.31. The molecular weight excluding hydrogens is 428 g/mol. The molecule has 2 aromatic rings. The third-order valence-electron chi connectivity index (χ3n) is 4.36. The lowest BCUT2D eigenvalue weighted by molar-refractivity contribution is 0.0240. The molecule has 1 saturated heterocycles. The molecule has 3 rings (SSSR count). The third-order valence-corrected chi connectivity index (χ3v) is 5.20. The second-order valence-corrected chi connectivity index (χ2v) is 8.39. The van der Waals surface area contributed by atoms with Crippen LogP contribution in [-0.2, 0) is 9.47 Å². The van der Waals surface area contributed by atoms with E-state index in [0.29, 0.717) is 38.4 Å². The Labute approximate surface area is 172 Å². The van der Waals surface area contributed by atoms with Crippen molar-refractivity contribution in [2.75, 3.05) is 37.7 Å². The molecule has 0 N–H and O–H groups in total. The van der Waals surface area contributed by atoms with Crippen LogP contribution in [0.3, 0.4) is 0 Å². The van der Waals surface area contributed by atoms with Crippen molar-refractivity contribution in [2.24, 2.45) is 0 Å². The topological polar surface area (TPSA) is 72.2 Å². The van der Waals surface area contributed by atoms with Crippen LogP contribution in [0.25, 0.3) is 11.0 Å². The van der Waals surface area contributed by atoms with Crippen LogP contribution in [0.2, 0.25) is 0 Å². The van der Waals surface area contributed by atoms with Crippen LogP contribution in [-0.4, -0.2) is 55.3 Å². The van der Waals surface area contributed by atoms with Gasteiger partial charge < -0.3 is 23.7 Å². The molecule has 1 aromatic carbocycles. The largest absolute Gasteiger partial charge is 0.460 e. The van der Waals surface area contributed by atoms with Gasteiger partial charge in [-0.15, -0.1) is 0 Å². The van der Waals surface area contributed by atoms with E-state index in [1.54, 1.807) is 17.9 Å². The van der Waals surface area contributed by atoms with E-state index in [0.717, 1.165) is 15.5 Å². The number of anilines is 1. The summed E-state index contributed by atoms with van der Waals surface area (Å²) in [5.41, 5.74) is 1.11. The lowest BCUT2D eigenvalue weighted by Gasteiger charge is -2.37. The Bertz CT molecular complexity index is 879. The SMILES string of the molecule is CCOC(=O)c1cc2c(Br)c(N3CCN(C(=O)OC(C)(C)C)CC3)ccc2o1. The number of rotatable bonds is 3. The van der Waals surface area contributed by atoms with Gasteiger partial charge in [-0.3, -0.25) is 0 Å². The summed E-state index contributed by atoms with van der Waals surface area (Å²) < 4.78 is 16.9. The van der Waals surface area contributed by atoms with Crippen molar-refractivity contribution in [3.8, 4) is 0 Å². The van der Waals surface area contributed by atoms with Crippen LogP contribution in [0.1, 0.15) is 38.2 Å². The number of benzene rings is 1. The first kappa shape index (κ1) is 20.5. The van der Waals surface area contributed by atoms with Crippen molar-refractivity contribution in [1.29, 1.82) is 0 Å². The van der Waals surface area contributed by atoms with Crippen LogP contribution < -0.4 is 4.90 Å². The molecule has 0 unspecified atom stereocenters. The maximum absolute atomic E-state index is 12.2. The van der Waals surface area contributed by atoms with Gasteiger partial charge in [-0.05, 0) is 55.8 Å². The minimum absolute atomic E-state index is 0.185. The van der Waals surface area contributed by atoms with Crippen molar-refractivity contribution >= 4 is 44.6 Å². The molecule has 0 bridgehead atoms. The van der Waals surface area contributed by atoms with Crippen LogP contribution >= 0.6 is 15.9 Å². The van der Waals surface area contributed by atoms with Gasteiger partial charge >= 0.3 is 12.1 Å². The van der Waals surface area contributed by atoms with Crippen LogP contribution in [0.15, 0.2) is 27.1 Å². The summed E-state index contributed by atoms with van der Waals surface area (Å²) >= 11 is 3.64. The molecule has 8 heteroatoms. The summed E-state index contributed by atoms with van der Waals surface area (Å²) in [7, 11) is 0. The zero-order valence-corrected chi connectivity index (χ0v) is 18.2. The zero-order valence-electron chi connectivity index (χ0n) is 16.6. The van der Waals surface area contributed by atoms with Crippen LogP contribution in [0.4, 0.5) is 10.5 Å². The minimum atomic E-state index is -0.500. The maximum atomic E-state index is 12.2. The van der Waals surface area contributed by atoms with Crippen molar-refractivity contribution in [1.82, 2.24) is 4.90 Å². The van der Waals surface area contributed by atoms with E-state index < -0.39 is 11.6 Å². The zero-order chi connectivity index (χ0) is 20.5. The van der Waals surface area contributed by atoms with Crippen molar-refractivity contribution < 1.29 is 23.5 Å². The van der Waals surface area contributed by atoms with Gasteiger partial charge in [0.15, 0.2) is 0 Å². The fourth-order valence-corrected chi connectivity index (χ4v) is 3.76. The Morgan fingerprint density at radius 2 is 1.86 bits per heavy atom. The van der Waals surface area contributed by atoms with Gasteiger partial charge in [0, 0.05) is 37.6 Å². The predicted molar refractivity (Wildman–Crippen MR) is 110 cm³/mol. The predicted octanol–water partition coefficient (Wildman–Crippen LogP) is 4.43. The number of nitrogens with zero attached hydrogens (tertiary/aromatic N) is 2. The molecule has 152 valence electrons. The Hall–Kier alpha value is -2.22. The molecule has 2 heterocycles. The molecule has 1 amide bonds. The lowest BCUT2D eigenvalue weighted by atomic mass is 10.2. The van der Waals surface area contributed by atoms with E-state index >= 15 is 0 Å². The fourth-order valence-electron chi connectivity index (χ4n) is 3.07. The van der Waals surface area contributed by atoms with E-state index in [4.69, 9.17) is 13.9 Å². The molecule has 0 atom stereocenters. The molecular formula is C20H25BrN2O5. The summed E-state index contributed by atoms with van der Waals surface area (Å²) in [6.45, 7) is 10.2. The molecule has 0 radical (unpaired) electrons. The van der Waals surface area contributed by atoms with E-state index in [-0.39, 0.29) is 11.9 Å². The molecule has 1 aromatic heterocycles. The molecule has 0 spiro atoms. The summed E-state index contributed by atoms with van der Waals surface area (Å²) in [5.74, 6) is -0.289. The van der Waals surface area contributed by atoms with E-state index in [1.165, 1.54) is 0 Å². The number of esters is 1. The Morgan fingerprint density at radius 1 is 1.18 bits per heavy atom. The Morgan fingerprint density at radius 3 is 2.46 bits per heavy atom. The Kier molecular flexibility index (Phi) is 5.88. The van der Waals surface area contributed by atoms with Gasteiger partial charge in [-0.2, -0.15) is 0 Å². The van der Waals surface area contributed by atoms with Gasteiger partial charge in [-0.25, -0.2) is 9.59 Å². The summed E-state index contributed by atoms with van der Waals surface area (Å²) in [5, 5.41) is 0.815. The number of hydrogen-bond donors (Lipinski definition) is 0. The highest BCUT2D eigenvalue weighted by Gasteiger charge is 2.27. The van der Waals surface area contributed by atoms with Gasteiger partial charge in [0.2, 0.25) is 5.76 Å². The van der Waals surface area contributed by atoms with Crippen LogP contribution in [0, 0.1) is 0 Å². The number of carbonyl (C=O) groups is 2.